The quantitative estimate of drug-likeness (QED) is 0.795. The Morgan fingerprint density at radius 1 is 0.900 bits per heavy atom. The maximum Gasteiger partial charge on any atom is 0.444 e. The molecule has 0 aliphatic rings. The first kappa shape index (κ1) is 18.2. The largest absolute Gasteiger partial charge is 0.479 e. The summed E-state index contributed by atoms with van der Waals surface area (Å²) in [6, 6.07) is 0. The molecular weight excluding hydrogens is 270 g/mol. The number of ether oxygens (including phenoxy) is 2. The third-order valence-corrected chi connectivity index (χ3v) is 1.44. The van der Waals surface area contributed by atoms with Crippen LogP contribution in [0.25, 0.3) is 0 Å². The molecule has 20 heavy (non-hydrogen) atoms. The van der Waals surface area contributed by atoms with Gasteiger partial charge < -0.3 is 14.6 Å². The monoisotopic (exact) mass is 291 g/mol. The Hall–Kier alpha value is -1.83. The van der Waals surface area contributed by atoms with E-state index in [1.54, 1.807) is 41.5 Å². The van der Waals surface area contributed by atoms with Crippen molar-refractivity contribution in [2.24, 2.45) is 0 Å². The fourth-order valence-corrected chi connectivity index (χ4v) is 0.906. The molecule has 0 atom stereocenters. The summed E-state index contributed by atoms with van der Waals surface area (Å²) in [4.78, 5) is 38.6. The van der Waals surface area contributed by atoms with E-state index in [0.717, 1.165) is 0 Å². The van der Waals surface area contributed by atoms with E-state index in [1.165, 1.54) is 0 Å². The number of hydrogen-bond donors (Lipinski definition) is 1. The topological polar surface area (TPSA) is 102 Å². The number of hydrogen-bond acceptors (Lipinski definition) is 6. The van der Waals surface area contributed by atoms with Gasteiger partial charge in [-0.05, 0) is 41.5 Å². The summed E-state index contributed by atoms with van der Waals surface area (Å²) >= 11 is 0. The van der Waals surface area contributed by atoms with E-state index in [9.17, 15) is 14.4 Å². The van der Waals surface area contributed by atoms with Crippen molar-refractivity contribution in [1.29, 1.82) is 0 Å². The molecular formula is C12H21NO7. The predicted molar refractivity (Wildman–Crippen MR) is 67.9 cm³/mol. The smallest absolute Gasteiger partial charge is 0.444 e. The molecule has 0 fully saturated rings. The Morgan fingerprint density at radius 2 is 1.25 bits per heavy atom. The average Bonchev–Trinajstić information content (AvgIpc) is 2.10. The lowest BCUT2D eigenvalue weighted by atomic mass is 10.2. The van der Waals surface area contributed by atoms with Crippen molar-refractivity contribution in [3.63, 3.8) is 0 Å². The van der Waals surface area contributed by atoms with Crippen molar-refractivity contribution in [3.8, 4) is 0 Å². The zero-order chi connectivity index (χ0) is 16.1. The van der Waals surface area contributed by atoms with Gasteiger partial charge in [0, 0.05) is 0 Å². The van der Waals surface area contributed by atoms with Gasteiger partial charge in [0.05, 0.1) is 0 Å². The van der Waals surface area contributed by atoms with Crippen molar-refractivity contribution >= 4 is 18.2 Å². The lowest BCUT2D eigenvalue weighted by Crippen LogP contribution is -2.44. The van der Waals surface area contributed by atoms with Gasteiger partial charge >= 0.3 is 18.2 Å². The van der Waals surface area contributed by atoms with Crippen molar-refractivity contribution < 1.29 is 33.8 Å². The number of nitrogens with zero attached hydrogens (tertiary/aromatic N) is 1. The molecule has 0 aromatic carbocycles. The highest BCUT2D eigenvalue weighted by Gasteiger charge is 2.33. The van der Waals surface area contributed by atoms with Gasteiger partial charge in [0.15, 0.2) is 6.61 Å². The van der Waals surface area contributed by atoms with E-state index < -0.39 is 36.0 Å². The molecule has 0 spiro atoms. The van der Waals surface area contributed by atoms with Crippen LogP contribution in [0.15, 0.2) is 0 Å². The number of carboxylic acids is 1. The molecule has 0 radical (unpaired) electrons. The SMILES string of the molecule is CC(C)(C)OC(=O)N(OCC(=O)O)C(=O)OC(C)(C)C. The number of hydroxylamine groups is 2. The Bertz CT molecular complexity index is 350. The molecule has 0 aliphatic heterocycles. The van der Waals surface area contributed by atoms with E-state index >= 15 is 0 Å². The standard InChI is InChI=1S/C12H21NO7/c1-11(2,3)19-9(16)13(18-7-8(14)15)10(17)20-12(4,5)6/h7H2,1-6H3,(H,14,15). The summed E-state index contributed by atoms with van der Waals surface area (Å²) in [6.07, 6.45) is -2.29. The van der Waals surface area contributed by atoms with Crippen molar-refractivity contribution in [3.05, 3.63) is 0 Å². The number of carbonyl (C=O) groups is 3. The van der Waals surface area contributed by atoms with Gasteiger partial charge in [0.25, 0.3) is 0 Å². The molecule has 0 aliphatic carbocycles. The average molecular weight is 291 g/mol. The van der Waals surface area contributed by atoms with Crippen LogP contribution in [0.1, 0.15) is 41.5 Å². The molecule has 8 nitrogen and oxygen atoms in total. The van der Waals surface area contributed by atoms with Gasteiger partial charge in [-0.25, -0.2) is 19.2 Å². The second-order valence-electron chi connectivity index (χ2n) is 5.92. The maximum absolute atomic E-state index is 11.8. The minimum atomic E-state index is -1.35. The number of carboxylic acid groups (broad SMARTS) is 1. The number of imide groups is 1. The third kappa shape index (κ3) is 8.30. The van der Waals surface area contributed by atoms with Crippen LogP contribution in [-0.2, 0) is 19.1 Å². The Balaban J connectivity index is 4.93. The molecule has 0 rings (SSSR count). The molecule has 0 heterocycles. The molecule has 2 amide bonds. The van der Waals surface area contributed by atoms with Crippen LogP contribution < -0.4 is 0 Å². The zero-order valence-electron chi connectivity index (χ0n) is 12.6. The number of carbonyl (C=O) groups excluding carboxylic acids is 2. The van der Waals surface area contributed by atoms with Crippen LogP contribution in [0.4, 0.5) is 9.59 Å². The summed E-state index contributed by atoms with van der Waals surface area (Å²) in [5.41, 5.74) is -1.74. The van der Waals surface area contributed by atoms with E-state index in [1.807, 2.05) is 0 Å². The highest BCUT2D eigenvalue weighted by Crippen LogP contribution is 2.14. The molecule has 0 aromatic heterocycles. The molecule has 116 valence electrons. The van der Waals surface area contributed by atoms with Crippen LogP contribution in [0.5, 0.6) is 0 Å². The second-order valence-corrected chi connectivity index (χ2v) is 5.92. The molecule has 0 unspecified atom stereocenters. The lowest BCUT2D eigenvalue weighted by Gasteiger charge is -2.27. The molecule has 1 N–H and O–H groups in total. The van der Waals surface area contributed by atoms with Gasteiger partial charge in [-0.1, -0.05) is 5.06 Å². The summed E-state index contributed by atoms with van der Waals surface area (Å²) in [5.74, 6) is -1.35. The summed E-state index contributed by atoms with van der Waals surface area (Å²) < 4.78 is 9.87. The van der Waals surface area contributed by atoms with E-state index in [0.29, 0.717) is 0 Å². The van der Waals surface area contributed by atoms with Crippen LogP contribution in [-0.4, -0.2) is 46.1 Å². The fraction of sp³-hybridized carbons (Fsp3) is 0.750. The van der Waals surface area contributed by atoms with Gasteiger partial charge in [-0.2, -0.15) is 0 Å². The van der Waals surface area contributed by atoms with Crippen LogP contribution >= 0.6 is 0 Å². The van der Waals surface area contributed by atoms with Crippen LogP contribution in [0.2, 0.25) is 0 Å². The molecule has 0 saturated carbocycles. The van der Waals surface area contributed by atoms with Crippen molar-refractivity contribution in [1.82, 2.24) is 5.06 Å². The van der Waals surface area contributed by atoms with Crippen LogP contribution in [0, 0.1) is 0 Å². The summed E-state index contributed by atoms with van der Waals surface area (Å²) in [5, 5.41) is 8.69. The first-order valence-corrected chi connectivity index (χ1v) is 5.92. The maximum atomic E-state index is 11.8. The predicted octanol–water partition coefficient (Wildman–Crippen LogP) is 2.17. The lowest BCUT2D eigenvalue weighted by molar-refractivity contribution is -0.166. The van der Waals surface area contributed by atoms with E-state index in [-0.39, 0.29) is 5.06 Å². The minimum absolute atomic E-state index is 0.157. The molecule has 8 heteroatoms. The number of aliphatic carboxylic acids is 1. The van der Waals surface area contributed by atoms with E-state index in [2.05, 4.69) is 4.84 Å². The first-order valence-electron chi connectivity index (χ1n) is 5.92. The Kier molecular flexibility index (Phi) is 5.96. The highest BCUT2D eigenvalue weighted by molar-refractivity contribution is 5.86. The zero-order valence-corrected chi connectivity index (χ0v) is 12.6. The van der Waals surface area contributed by atoms with E-state index in [4.69, 9.17) is 14.6 Å². The minimum Gasteiger partial charge on any atom is -0.479 e. The third-order valence-electron chi connectivity index (χ3n) is 1.44. The normalized spacial score (nSPS) is 11.7. The molecule has 0 aromatic rings. The van der Waals surface area contributed by atoms with Crippen molar-refractivity contribution in [2.75, 3.05) is 6.61 Å². The molecule has 0 saturated heterocycles. The fourth-order valence-electron chi connectivity index (χ4n) is 0.906. The number of amides is 2. The van der Waals surface area contributed by atoms with Crippen molar-refractivity contribution in [2.45, 2.75) is 52.7 Å². The second kappa shape index (κ2) is 6.56. The van der Waals surface area contributed by atoms with Gasteiger partial charge in [-0.3, -0.25) is 0 Å². The van der Waals surface area contributed by atoms with Crippen LogP contribution in [0.3, 0.4) is 0 Å². The summed E-state index contributed by atoms with van der Waals surface area (Å²) in [7, 11) is 0. The van der Waals surface area contributed by atoms with Gasteiger partial charge in [0.1, 0.15) is 11.2 Å². The van der Waals surface area contributed by atoms with Gasteiger partial charge in [-0.15, -0.1) is 0 Å². The highest BCUT2D eigenvalue weighted by atomic mass is 16.8. The Morgan fingerprint density at radius 3 is 1.50 bits per heavy atom. The first-order chi connectivity index (χ1) is 8.82. The summed E-state index contributed by atoms with van der Waals surface area (Å²) in [6.45, 7) is 8.68. The molecule has 0 bridgehead atoms. The Labute approximate surface area is 117 Å². The number of rotatable bonds is 3. The van der Waals surface area contributed by atoms with Gasteiger partial charge in [0.2, 0.25) is 0 Å².